The molecule has 0 saturated heterocycles. The van der Waals surface area contributed by atoms with Gasteiger partial charge in [0.2, 0.25) is 0 Å². The number of hydrogen-bond acceptors (Lipinski definition) is 3. The molecule has 0 aliphatic heterocycles. The number of amides is 1. The minimum atomic E-state index is -0.410. The van der Waals surface area contributed by atoms with Crippen LogP contribution in [0.3, 0.4) is 0 Å². The van der Waals surface area contributed by atoms with E-state index in [0.29, 0.717) is 22.9 Å². The summed E-state index contributed by atoms with van der Waals surface area (Å²) in [6.45, 7) is 0.418. The van der Waals surface area contributed by atoms with Crippen LogP contribution in [0, 0.1) is 5.82 Å². The first-order valence-electron chi connectivity index (χ1n) is 8.16. The third kappa shape index (κ3) is 5.66. The highest BCUT2D eigenvalue weighted by Crippen LogP contribution is 2.16. The highest BCUT2D eigenvalue weighted by molar-refractivity contribution is 6.30. The van der Waals surface area contributed by atoms with Crippen LogP contribution in [0.2, 0.25) is 5.02 Å². The molecular formula is C21H16ClFN2O2. The molecule has 0 heterocycles. The van der Waals surface area contributed by atoms with Crippen molar-refractivity contribution >= 4 is 23.7 Å². The first-order valence-corrected chi connectivity index (χ1v) is 8.54. The van der Waals surface area contributed by atoms with Crippen molar-refractivity contribution in [1.82, 2.24) is 5.43 Å². The van der Waals surface area contributed by atoms with Gasteiger partial charge in [0.05, 0.1) is 6.21 Å². The second-order valence-electron chi connectivity index (χ2n) is 5.69. The van der Waals surface area contributed by atoms with Crippen molar-refractivity contribution in [2.24, 2.45) is 5.10 Å². The fourth-order valence-electron chi connectivity index (χ4n) is 2.27. The lowest BCUT2D eigenvalue weighted by Crippen LogP contribution is -2.17. The van der Waals surface area contributed by atoms with Crippen LogP contribution in [0.4, 0.5) is 4.39 Å². The van der Waals surface area contributed by atoms with Crippen molar-refractivity contribution in [1.29, 1.82) is 0 Å². The Kier molecular flexibility index (Phi) is 6.18. The van der Waals surface area contributed by atoms with Crippen molar-refractivity contribution in [3.8, 4) is 5.75 Å². The van der Waals surface area contributed by atoms with E-state index in [4.69, 9.17) is 16.3 Å². The van der Waals surface area contributed by atoms with Gasteiger partial charge in [0.15, 0.2) is 0 Å². The van der Waals surface area contributed by atoms with Gasteiger partial charge in [-0.1, -0.05) is 23.7 Å². The van der Waals surface area contributed by atoms with Gasteiger partial charge in [-0.15, -0.1) is 0 Å². The van der Waals surface area contributed by atoms with Crippen LogP contribution in [0.5, 0.6) is 5.75 Å². The maximum Gasteiger partial charge on any atom is 0.271 e. The average Bonchev–Trinajstić information content (AvgIpc) is 2.68. The third-order valence-electron chi connectivity index (χ3n) is 3.66. The van der Waals surface area contributed by atoms with E-state index in [1.807, 2.05) is 48.5 Å². The van der Waals surface area contributed by atoms with Crippen LogP contribution in [-0.4, -0.2) is 12.1 Å². The molecular weight excluding hydrogens is 367 g/mol. The largest absolute Gasteiger partial charge is 0.489 e. The summed E-state index contributed by atoms with van der Waals surface area (Å²) >= 11 is 5.95. The monoisotopic (exact) mass is 382 g/mol. The number of rotatable bonds is 6. The number of nitrogens with one attached hydrogen (secondary N) is 1. The van der Waals surface area contributed by atoms with Crippen molar-refractivity contribution in [3.63, 3.8) is 0 Å². The van der Waals surface area contributed by atoms with E-state index in [2.05, 4.69) is 10.5 Å². The van der Waals surface area contributed by atoms with Gasteiger partial charge in [0, 0.05) is 10.6 Å². The summed E-state index contributed by atoms with van der Waals surface area (Å²) in [5, 5.41) is 4.57. The van der Waals surface area contributed by atoms with Gasteiger partial charge >= 0.3 is 0 Å². The number of ether oxygens (including phenoxy) is 1. The number of carbonyl (C=O) groups excluding carboxylic acids is 1. The van der Waals surface area contributed by atoms with Gasteiger partial charge in [-0.05, 0) is 71.8 Å². The summed E-state index contributed by atoms with van der Waals surface area (Å²) in [6.07, 6.45) is 1.52. The number of halogens is 2. The molecule has 4 nitrogen and oxygen atoms in total. The average molecular weight is 383 g/mol. The Labute approximate surface area is 161 Å². The molecule has 1 N–H and O–H groups in total. The zero-order valence-electron chi connectivity index (χ0n) is 14.2. The highest BCUT2D eigenvalue weighted by atomic mass is 35.5. The fourth-order valence-corrected chi connectivity index (χ4v) is 2.49. The zero-order chi connectivity index (χ0) is 19.1. The molecule has 3 rings (SSSR count). The number of benzene rings is 3. The van der Waals surface area contributed by atoms with Crippen molar-refractivity contribution < 1.29 is 13.9 Å². The van der Waals surface area contributed by atoms with Crippen LogP contribution in [0.1, 0.15) is 21.5 Å². The molecule has 136 valence electrons. The van der Waals surface area contributed by atoms with Crippen LogP contribution < -0.4 is 10.2 Å². The fraction of sp³-hybridized carbons (Fsp3) is 0.0476. The first-order chi connectivity index (χ1) is 13.1. The molecule has 0 saturated carbocycles. The molecule has 0 spiro atoms. The van der Waals surface area contributed by atoms with Gasteiger partial charge in [-0.2, -0.15) is 5.10 Å². The first kappa shape index (κ1) is 18.6. The Bertz CT molecular complexity index is 941. The smallest absolute Gasteiger partial charge is 0.271 e. The Balaban J connectivity index is 1.51. The quantitative estimate of drug-likeness (QED) is 0.490. The lowest BCUT2D eigenvalue weighted by Gasteiger charge is -2.06. The lowest BCUT2D eigenvalue weighted by molar-refractivity contribution is 0.0955. The maximum absolute atomic E-state index is 12.8. The predicted octanol–water partition coefficient (Wildman–Crippen LogP) is 4.82. The molecule has 0 aromatic heterocycles. The van der Waals surface area contributed by atoms with Crippen LogP contribution in [0.15, 0.2) is 77.9 Å². The number of nitrogens with zero attached hydrogens (tertiary/aromatic N) is 1. The van der Waals surface area contributed by atoms with Gasteiger partial charge in [-0.3, -0.25) is 4.79 Å². The Morgan fingerprint density at radius 2 is 1.81 bits per heavy atom. The van der Waals surface area contributed by atoms with Crippen LogP contribution >= 0.6 is 11.6 Å². The minimum Gasteiger partial charge on any atom is -0.489 e. The maximum atomic E-state index is 12.8. The molecule has 0 atom stereocenters. The Morgan fingerprint density at radius 1 is 1.07 bits per heavy atom. The summed E-state index contributed by atoms with van der Waals surface area (Å²) in [6, 6.07) is 20.0. The van der Waals surface area contributed by atoms with E-state index in [0.717, 1.165) is 11.1 Å². The van der Waals surface area contributed by atoms with Crippen molar-refractivity contribution in [3.05, 3.63) is 100 Å². The van der Waals surface area contributed by atoms with E-state index < -0.39 is 11.7 Å². The van der Waals surface area contributed by atoms with Crippen molar-refractivity contribution in [2.75, 3.05) is 0 Å². The van der Waals surface area contributed by atoms with Gasteiger partial charge in [0.1, 0.15) is 18.2 Å². The van der Waals surface area contributed by atoms with Crippen LogP contribution in [0.25, 0.3) is 0 Å². The summed E-state index contributed by atoms with van der Waals surface area (Å²) in [4.78, 5) is 11.9. The van der Waals surface area contributed by atoms with E-state index in [9.17, 15) is 9.18 Å². The Hall–Kier alpha value is -3.18. The third-order valence-corrected chi connectivity index (χ3v) is 3.90. The molecule has 3 aromatic carbocycles. The summed E-state index contributed by atoms with van der Waals surface area (Å²) in [5.74, 6) is -0.0945. The molecule has 6 heteroatoms. The second kappa shape index (κ2) is 8.96. The summed E-state index contributed by atoms with van der Waals surface area (Å²) in [5.41, 5.74) is 4.51. The molecule has 0 unspecified atom stereocenters. The molecule has 0 aliphatic carbocycles. The standard InChI is InChI=1S/C21H16ClFN2O2/c22-18-3-1-2-16(12-18)14-27-20-10-4-15(5-11-20)13-24-25-21(26)17-6-8-19(23)9-7-17/h1-13H,14H2,(H,25,26)/b24-13-. The lowest BCUT2D eigenvalue weighted by atomic mass is 10.2. The molecule has 1 amide bonds. The van der Waals surface area contributed by atoms with E-state index in [-0.39, 0.29) is 0 Å². The number of carbonyl (C=O) groups is 1. The second-order valence-corrected chi connectivity index (χ2v) is 6.13. The summed E-state index contributed by atoms with van der Waals surface area (Å²) < 4.78 is 18.6. The Morgan fingerprint density at radius 3 is 2.52 bits per heavy atom. The molecule has 0 aliphatic rings. The van der Waals surface area contributed by atoms with E-state index >= 15 is 0 Å². The molecule has 3 aromatic rings. The van der Waals surface area contributed by atoms with Gasteiger partial charge in [0.25, 0.3) is 5.91 Å². The molecule has 0 bridgehead atoms. The number of hydrazone groups is 1. The van der Waals surface area contributed by atoms with Crippen LogP contribution in [-0.2, 0) is 6.61 Å². The highest BCUT2D eigenvalue weighted by Gasteiger charge is 2.03. The predicted molar refractivity (Wildman–Crippen MR) is 104 cm³/mol. The summed E-state index contributed by atoms with van der Waals surface area (Å²) in [7, 11) is 0. The molecule has 27 heavy (non-hydrogen) atoms. The molecule has 0 radical (unpaired) electrons. The zero-order valence-corrected chi connectivity index (χ0v) is 15.0. The molecule has 0 fully saturated rings. The SMILES string of the molecule is O=C(N/N=C\c1ccc(OCc2cccc(Cl)c2)cc1)c1ccc(F)cc1. The van der Waals surface area contributed by atoms with Gasteiger partial charge < -0.3 is 4.74 Å². The topological polar surface area (TPSA) is 50.7 Å². The minimum absolute atomic E-state index is 0.332. The van der Waals surface area contributed by atoms with Gasteiger partial charge in [-0.25, -0.2) is 9.82 Å². The normalized spacial score (nSPS) is 10.7. The van der Waals surface area contributed by atoms with E-state index in [1.165, 1.54) is 30.5 Å². The van der Waals surface area contributed by atoms with E-state index in [1.54, 1.807) is 0 Å². The number of hydrogen-bond donors (Lipinski definition) is 1. The van der Waals surface area contributed by atoms with Crippen molar-refractivity contribution in [2.45, 2.75) is 6.61 Å².